The van der Waals surface area contributed by atoms with E-state index >= 15 is 0 Å². The van der Waals surface area contributed by atoms with Gasteiger partial charge in [-0.25, -0.2) is 23.2 Å². The second-order valence-electron chi connectivity index (χ2n) is 7.96. The lowest BCUT2D eigenvalue weighted by atomic mass is 10.1. The lowest BCUT2D eigenvalue weighted by molar-refractivity contribution is 0.532. The molecule has 1 heterocycles. The Labute approximate surface area is 178 Å². The van der Waals surface area contributed by atoms with Crippen molar-refractivity contribution in [2.45, 2.75) is 51.1 Å². The predicted octanol–water partition coefficient (Wildman–Crippen LogP) is 2.83. The zero-order chi connectivity index (χ0) is 21.7. The van der Waals surface area contributed by atoms with Crippen LogP contribution in [0.25, 0.3) is 5.69 Å². The number of sulfonamides is 1. The van der Waals surface area contributed by atoms with Gasteiger partial charge in [0.05, 0.1) is 17.1 Å². The van der Waals surface area contributed by atoms with Crippen LogP contribution in [0.5, 0.6) is 0 Å². The molecule has 160 valence electrons. The number of aromatic nitrogens is 3. The highest BCUT2D eigenvalue weighted by atomic mass is 32.2. The maximum Gasteiger partial charge on any atom is 0.238 e. The molecule has 3 aromatic rings. The van der Waals surface area contributed by atoms with Crippen LogP contribution in [0, 0.1) is 5.92 Å². The maximum absolute atomic E-state index is 11.5. The number of primary sulfonamides is 1. The van der Waals surface area contributed by atoms with Crippen molar-refractivity contribution in [3.63, 3.8) is 0 Å². The fraction of sp³-hybridized carbons (Fsp3) is 0.364. The lowest BCUT2D eigenvalue weighted by Crippen LogP contribution is -2.28. The van der Waals surface area contributed by atoms with E-state index in [4.69, 9.17) is 10.1 Å². The largest absolute Gasteiger partial charge is 0.307 e. The van der Waals surface area contributed by atoms with Crippen LogP contribution >= 0.6 is 0 Å². The summed E-state index contributed by atoms with van der Waals surface area (Å²) in [6, 6.07) is 17.0. The third-order valence-electron chi connectivity index (χ3n) is 4.71. The summed E-state index contributed by atoms with van der Waals surface area (Å²) in [6.07, 6.45) is 1.69. The normalized spacial score (nSPS) is 13.0. The van der Waals surface area contributed by atoms with E-state index in [9.17, 15) is 8.42 Å². The van der Waals surface area contributed by atoms with Crippen molar-refractivity contribution in [3.8, 4) is 5.69 Å². The van der Waals surface area contributed by atoms with Gasteiger partial charge < -0.3 is 5.32 Å². The molecule has 0 radical (unpaired) electrons. The van der Waals surface area contributed by atoms with Crippen molar-refractivity contribution < 1.29 is 8.42 Å². The van der Waals surface area contributed by atoms with Gasteiger partial charge in [0.15, 0.2) is 5.82 Å². The van der Waals surface area contributed by atoms with Crippen molar-refractivity contribution in [1.82, 2.24) is 20.1 Å². The Morgan fingerprint density at radius 2 is 1.67 bits per heavy atom. The molecular formula is C22H29N5O2S. The first kappa shape index (κ1) is 22.1. The van der Waals surface area contributed by atoms with Crippen molar-refractivity contribution in [2.24, 2.45) is 11.1 Å². The van der Waals surface area contributed by atoms with Gasteiger partial charge in [0.1, 0.15) is 5.82 Å². The van der Waals surface area contributed by atoms with Gasteiger partial charge in [-0.1, -0.05) is 44.2 Å². The van der Waals surface area contributed by atoms with Crippen LogP contribution in [0.3, 0.4) is 0 Å². The summed E-state index contributed by atoms with van der Waals surface area (Å²) in [5.41, 5.74) is 2.04. The summed E-state index contributed by atoms with van der Waals surface area (Å²) in [7, 11) is -3.73. The van der Waals surface area contributed by atoms with Crippen LogP contribution in [-0.2, 0) is 29.4 Å². The summed E-state index contributed by atoms with van der Waals surface area (Å²) in [6.45, 7) is 6.96. The first-order valence-corrected chi connectivity index (χ1v) is 11.6. The van der Waals surface area contributed by atoms with Crippen LogP contribution in [0.4, 0.5) is 0 Å². The highest BCUT2D eigenvalue weighted by molar-refractivity contribution is 7.89. The molecule has 0 aliphatic carbocycles. The Balaban J connectivity index is 1.75. The van der Waals surface area contributed by atoms with Crippen molar-refractivity contribution in [1.29, 1.82) is 0 Å². The zero-order valence-electron chi connectivity index (χ0n) is 17.6. The number of nitrogens with one attached hydrogen (secondary N) is 1. The van der Waals surface area contributed by atoms with Gasteiger partial charge >= 0.3 is 0 Å². The molecule has 3 rings (SSSR count). The minimum absolute atomic E-state index is 0.0772. The third kappa shape index (κ3) is 5.98. The summed E-state index contributed by atoms with van der Waals surface area (Å²) < 4.78 is 24.8. The molecule has 2 aromatic carbocycles. The molecule has 1 unspecified atom stereocenters. The molecule has 0 aliphatic heterocycles. The number of benzene rings is 2. The molecule has 1 aromatic heterocycles. The SMILES string of the molecule is CC(C)Cc1nc(CNC(C)Cc2ccccc2)nn1-c1ccc(S(N)(=O)=O)cc1. The summed E-state index contributed by atoms with van der Waals surface area (Å²) >= 11 is 0. The third-order valence-corrected chi connectivity index (χ3v) is 5.64. The van der Waals surface area contributed by atoms with E-state index in [0.717, 1.165) is 24.4 Å². The molecule has 0 aliphatic rings. The van der Waals surface area contributed by atoms with Crippen molar-refractivity contribution in [2.75, 3.05) is 0 Å². The predicted molar refractivity (Wildman–Crippen MR) is 118 cm³/mol. The van der Waals surface area contributed by atoms with E-state index in [2.05, 4.69) is 43.3 Å². The number of nitrogens with zero attached hydrogens (tertiary/aromatic N) is 3. The van der Waals surface area contributed by atoms with E-state index in [1.807, 2.05) is 18.2 Å². The molecule has 8 heteroatoms. The second kappa shape index (κ2) is 9.51. The average molecular weight is 428 g/mol. The molecule has 1 atom stereocenters. The highest BCUT2D eigenvalue weighted by Gasteiger charge is 2.15. The van der Waals surface area contributed by atoms with Gasteiger partial charge in [-0.2, -0.15) is 0 Å². The van der Waals surface area contributed by atoms with Gasteiger partial charge in [-0.3, -0.25) is 0 Å². The Kier molecular flexibility index (Phi) is 7.02. The second-order valence-corrected chi connectivity index (χ2v) is 9.53. The molecule has 0 saturated heterocycles. The Morgan fingerprint density at radius 1 is 1.00 bits per heavy atom. The maximum atomic E-state index is 11.5. The monoisotopic (exact) mass is 427 g/mol. The molecule has 0 amide bonds. The fourth-order valence-electron chi connectivity index (χ4n) is 3.25. The summed E-state index contributed by atoms with van der Waals surface area (Å²) in [5.74, 6) is 1.97. The minimum atomic E-state index is -3.73. The Morgan fingerprint density at radius 3 is 2.27 bits per heavy atom. The van der Waals surface area contributed by atoms with E-state index in [1.54, 1.807) is 16.8 Å². The molecule has 0 spiro atoms. The molecule has 0 fully saturated rings. The molecule has 0 saturated carbocycles. The van der Waals surface area contributed by atoms with E-state index in [0.29, 0.717) is 18.3 Å². The van der Waals surface area contributed by atoms with Gasteiger partial charge in [0, 0.05) is 12.5 Å². The molecule has 7 nitrogen and oxygen atoms in total. The Hall–Kier alpha value is -2.55. The number of hydrogen-bond acceptors (Lipinski definition) is 5. The lowest BCUT2D eigenvalue weighted by Gasteiger charge is -2.12. The minimum Gasteiger partial charge on any atom is -0.307 e. The van der Waals surface area contributed by atoms with Gasteiger partial charge in [0.2, 0.25) is 10.0 Å². The molecule has 0 bridgehead atoms. The van der Waals surface area contributed by atoms with Gasteiger partial charge in [0.25, 0.3) is 0 Å². The molecular weight excluding hydrogens is 398 g/mol. The number of rotatable bonds is 9. The quantitative estimate of drug-likeness (QED) is 0.547. The average Bonchev–Trinajstić information content (AvgIpc) is 3.08. The number of hydrogen-bond donors (Lipinski definition) is 2. The first-order valence-electron chi connectivity index (χ1n) is 10.1. The van der Waals surface area contributed by atoms with Crippen molar-refractivity contribution >= 4 is 10.0 Å². The highest BCUT2D eigenvalue weighted by Crippen LogP contribution is 2.16. The van der Waals surface area contributed by atoms with E-state index in [1.165, 1.54) is 17.7 Å². The van der Waals surface area contributed by atoms with Crippen molar-refractivity contribution in [3.05, 3.63) is 71.8 Å². The van der Waals surface area contributed by atoms with Crippen LogP contribution in [0.2, 0.25) is 0 Å². The van der Waals surface area contributed by atoms with E-state index in [-0.39, 0.29) is 10.9 Å². The van der Waals surface area contributed by atoms with Crippen LogP contribution in [0.1, 0.15) is 38.0 Å². The van der Waals surface area contributed by atoms with Crippen LogP contribution in [0.15, 0.2) is 59.5 Å². The number of nitrogens with two attached hydrogens (primary N) is 1. The van der Waals surface area contributed by atoms with Gasteiger partial charge in [-0.05, 0) is 49.1 Å². The summed E-state index contributed by atoms with van der Waals surface area (Å²) in [4.78, 5) is 4.80. The Bertz CT molecular complexity index is 1060. The zero-order valence-corrected chi connectivity index (χ0v) is 18.4. The van der Waals surface area contributed by atoms with Gasteiger partial charge in [-0.15, -0.1) is 5.10 Å². The summed E-state index contributed by atoms with van der Waals surface area (Å²) in [5, 5.41) is 13.4. The first-order chi connectivity index (χ1) is 14.2. The van der Waals surface area contributed by atoms with E-state index < -0.39 is 10.0 Å². The molecule has 3 N–H and O–H groups in total. The smallest absolute Gasteiger partial charge is 0.238 e. The molecule has 30 heavy (non-hydrogen) atoms. The van der Waals surface area contributed by atoms with Crippen LogP contribution < -0.4 is 10.5 Å². The standard InChI is InChI=1S/C22H29N5O2S/c1-16(2)13-22-25-21(15-24-17(3)14-18-7-5-4-6-8-18)26-27(22)19-9-11-20(12-10-19)30(23,28)29/h4-12,16-17,24H,13-15H2,1-3H3,(H2,23,28,29). The van der Waals surface area contributed by atoms with Crippen LogP contribution in [-0.4, -0.2) is 29.2 Å². The fourth-order valence-corrected chi connectivity index (χ4v) is 3.77. The topological polar surface area (TPSA) is 103 Å².